The lowest BCUT2D eigenvalue weighted by Crippen LogP contribution is -2.10. The number of alkyl halides is 2. The monoisotopic (exact) mass is 258 g/mol. The van der Waals surface area contributed by atoms with E-state index in [9.17, 15) is 8.96 Å². The van der Waals surface area contributed by atoms with Crippen LogP contribution >= 0.6 is 30.8 Å². The topological polar surface area (TPSA) is 57.5 Å². The zero-order valence-corrected chi connectivity index (χ0v) is 9.10. The lowest BCUT2D eigenvalue weighted by molar-refractivity contribution is 0.365. The van der Waals surface area contributed by atoms with Crippen molar-refractivity contribution in [2.45, 2.75) is 4.07 Å². The minimum atomic E-state index is -4.70. The number of hydrogen-bond acceptors (Lipinski definition) is 1. The smallest absolute Gasteiger partial charge is 0.322 e. The molecule has 0 atom stereocenters. The average Bonchev–Trinajstić information content (AvgIpc) is 2.03. The van der Waals surface area contributed by atoms with Crippen molar-refractivity contribution >= 4 is 30.8 Å². The first-order valence-corrected chi connectivity index (χ1v) is 5.81. The Morgan fingerprint density at radius 1 is 1.21 bits per heavy atom. The molecule has 0 unspecified atom stereocenters. The summed E-state index contributed by atoms with van der Waals surface area (Å²) in [6.45, 7) is 0. The SMILES string of the molecule is O=P(O)(O)C(Cl)(Cl)c1ccc(F)cc1. The third-order valence-corrected chi connectivity index (χ3v) is 4.30. The molecule has 0 aliphatic carbocycles. The lowest BCUT2D eigenvalue weighted by atomic mass is 10.2. The second kappa shape index (κ2) is 3.80. The van der Waals surface area contributed by atoms with E-state index in [-0.39, 0.29) is 5.56 Å². The molecule has 1 aromatic carbocycles. The van der Waals surface area contributed by atoms with Crippen molar-refractivity contribution in [2.24, 2.45) is 0 Å². The summed E-state index contributed by atoms with van der Waals surface area (Å²) in [6, 6.07) is 4.28. The maximum absolute atomic E-state index is 12.5. The Morgan fingerprint density at radius 2 is 1.64 bits per heavy atom. The molecule has 0 amide bonds. The van der Waals surface area contributed by atoms with Gasteiger partial charge in [0.1, 0.15) is 5.82 Å². The maximum Gasteiger partial charge on any atom is 0.365 e. The normalized spacial score (nSPS) is 12.9. The molecule has 0 aliphatic heterocycles. The van der Waals surface area contributed by atoms with Gasteiger partial charge >= 0.3 is 7.60 Å². The van der Waals surface area contributed by atoms with E-state index in [0.29, 0.717) is 0 Å². The van der Waals surface area contributed by atoms with Gasteiger partial charge in [-0.2, -0.15) is 0 Å². The van der Waals surface area contributed by atoms with Crippen molar-refractivity contribution in [3.05, 3.63) is 35.6 Å². The van der Waals surface area contributed by atoms with E-state index < -0.39 is 17.5 Å². The van der Waals surface area contributed by atoms with Crippen LogP contribution < -0.4 is 0 Å². The zero-order chi connectivity index (χ0) is 11.0. The van der Waals surface area contributed by atoms with Gasteiger partial charge in [-0.3, -0.25) is 4.57 Å². The van der Waals surface area contributed by atoms with Crippen LogP contribution in [0.1, 0.15) is 5.56 Å². The molecule has 0 saturated carbocycles. The van der Waals surface area contributed by atoms with Gasteiger partial charge in [-0.15, -0.1) is 0 Å². The van der Waals surface area contributed by atoms with Gasteiger partial charge in [0.05, 0.1) is 0 Å². The first-order chi connectivity index (χ1) is 6.25. The highest BCUT2D eigenvalue weighted by atomic mass is 35.5. The maximum atomic E-state index is 12.5. The molecule has 78 valence electrons. The summed E-state index contributed by atoms with van der Waals surface area (Å²) < 4.78 is 21.0. The predicted octanol–water partition coefficient (Wildman–Crippen LogP) is 2.59. The van der Waals surface area contributed by atoms with Crippen LogP contribution in [0, 0.1) is 5.82 Å². The van der Waals surface area contributed by atoms with E-state index in [0.717, 1.165) is 24.3 Å². The molecule has 0 spiro atoms. The van der Waals surface area contributed by atoms with Crippen LogP contribution in [0.15, 0.2) is 24.3 Å². The van der Waals surface area contributed by atoms with Crippen molar-refractivity contribution in [2.75, 3.05) is 0 Å². The fourth-order valence-electron chi connectivity index (χ4n) is 0.819. The molecular formula is C7H6Cl2FO3P. The Bertz CT molecular complexity index is 373. The van der Waals surface area contributed by atoms with Crippen LogP contribution in [0.2, 0.25) is 0 Å². The Labute approximate surface area is 89.6 Å². The highest BCUT2D eigenvalue weighted by molar-refractivity contribution is 7.57. The van der Waals surface area contributed by atoms with E-state index in [1.165, 1.54) is 0 Å². The van der Waals surface area contributed by atoms with Crippen molar-refractivity contribution in [1.29, 1.82) is 0 Å². The molecule has 1 aromatic rings. The summed E-state index contributed by atoms with van der Waals surface area (Å²) in [6.07, 6.45) is 0. The highest BCUT2D eigenvalue weighted by Crippen LogP contribution is 2.62. The van der Waals surface area contributed by atoms with Crippen molar-refractivity contribution < 1.29 is 18.7 Å². The quantitative estimate of drug-likeness (QED) is 0.633. The third-order valence-electron chi connectivity index (χ3n) is 1.56. The van der Waals surface area contributed by atoms with Crippen LogP contribution in [0.4, 0.5) is 4.39 Å². The number of hydrogen-bond donors (Lipinski definition) is 2. The van der Waals surface area contributed by atoms with Crippen LogP contribution in [0.25, 0.3) is 0 Å². The number of halogens is 3. The van der Waals surface area contributed by atoms with Crippen molar-refractivity contribution in [1.82, 2.24) is 0 Å². The summed E-state index contributed by atoms with van der Waals surface area (Å²) in [4.78, 5) is 17.6. The third kappa shape index (κ3) is 2.27. The van der Waals surface area contributed by atoms with E-state index in [1.807, 2.05) is 0 Å². The summed E-state index contributed by atoms with van der Waals surface area (Å²) in [5.41, 5.74) is -0.0458. The van der Waals surface area contributed by atoms with E-state index in [1.54, 1.807) is 0 Å². The summed E-state index contributed by atoms with van der Waals surface area (Å²) in [7, 11) is -4.70. The molecule has 0 heterocycles. The van der Waals surface area contributed by atoms with Gasteiger partial charge in [0.15, 0.2) is 0 Å². The standard InChI is InChI=1S/C7H6Cl2FO3P/c8-7(9,14(11,12)13)5-1-3-6(10)4-2-5/h1-4H,(H2,11,12,13). The van der Waals surface area contributed by atoms with Crippen LogP contribution in [0.3, 0.4) is 0 Å². The molecule has 0 fully saturated rings. The number of rotatable bonds is 2. The fourth-order valence-corrected chi connectivity index (χ4v) is 1.56. The second-order valence-corrected chi connectivity index (χ2v) is 6.21. The molecule has 0 radical (unpaired) electrons. The summed E-state index contributed by atoms with van der Waals surface area (Å²) in [5.74, 6) is -0.538. The predicted molar refractivity (Wildman–Crippen MR) is 51.8 cm³/mol. The molecule has 7 heteroatoms. The molecule has 0 aliphatic rings. The molecule has 3 nitrogen and oxygen atoms in total. The molecule has 2 N–H and O–H groups in total. The largest absolute Gasteiger partial charge is 0.365 e. The average molecular weight is 259 g/mol. The van der Waals surface area contributed by atoms with E-state index >= 15 is 0 Å². The van der Waals surface area contributed by atoms with Gasteiger partial charge in [0.2, 0.25) is 4.07 Å². The Hall–Kier alpha value is -0.120. The highest BCUT2D eigenvalue weighted by Gasteiger charge is 2.45. The van der Waals surface area contributed by atoms with Crippen LogP contribution in [-0.2, 0) is 8.64 Å². The van der Waals surface area contributed by atoms with Gasteiger partial charge in [-0.25, -0.2) is 4.39 Å². The first kappa shape index (κ1) is 12.0. The van der Waals surface area contributed by atoms with Gasteiger partial charge in [0, 0.05) is 5.56 Å². The Morgan fingerprint density at radius 3 is 2.00 bits per heavy atom. The van der Waals surface area contributed by atoms with Gasteiger partial charge in [0.25, 0.3) is 0 Å². The van der Waals surface area contributed by atoms with Crippen molar-refractivity contribution in [3.8, 4) is 0 Å². The van der Waals surface area contributed by atoms with E-state index in [4.69, 9.17) is 33.0 Å². The second-order valence-electron chi connectivity index (χ2n) is 2.59. The fraction of sp³-hybridized carbons (Fsp3) is 0.143. The van der Waals surface area contributed by atoms with Gasteiger partial charge in [-0.1, -0.05) is 35.3 Å². The van der Waals surface area contributed by atoms with Gasteiger partial charge in [-0.05, 0) is 12.1 Å². The van der Waals surface area contributed by atoms with Crippen LogP contribution in [0.5, 0.6) is 0 Å². The minimum Gasteiger partial charge on any atom is -0.322 e. The van der Waals surface area contributed by atoms with E-state index in [2.05, 4.69) is 0 Å². The molecule has 1 rings (SSSR count). The number of benzene rings is 1. The Kier molecular flexibility index (Phi) is 3.24. The molecule has 0 saturated heterocycles. The minimum absolute atomic E-state index is 0.0458. The molecular weight excluding hydrogens is 253 g/mol. The molecule has 14 heavy (non-hydrogen) atoms. The van der Waals surface area contributed by atoms with Crippen molar-refractivity contribution in [3.63, 3.8) is 0 Å². The summed E-state index contributed by atoms with van der Waals surface area (Å²) in [5, 5.41) is 0. The first-order valence-electron chi connectivity index (χ1n) is 3.44. The van der Waals surface area contributed by atoms with Gasteiger partial charge < -0.3 is 9.79 Å². The molecule has 0 bridgehead atoms. The lowest BCUT2D eigenvalue weighted by Gasteiger charge is -2.20. The zero-order valence-electron chi connectivity index (χ0n) is 6.69. The summed E-state index contributed by atoms with van der Waals surface area (Å²) >= 11 is 10.9. The Balaban J connectivity index is 3.17. The molecule has 0 aromatic heterocycles. The van der Waals surface area contributed by atoms with Crippen LogP contribution in [-0.4, -0.2) is 9.79 Å².